The van der Waals surface area contributed by atoms with Crippen LogP contribution < -0.4 is 14.8 Å². The molecule has 0 aliphatic carbocycles. The number of alkyl halides is 3. The number of aromatic nitrogens is 1. The second-order valence-corrected chi connectivity index (χ2v) is 9.14. The number of carbonyl (C=O) groups is 1. The zero-order valence-corrected chi connectivity index (χ0v) is 20.7. The maximum absolute atomic E-state index is 13.2. The highest BCUT2D eigenvalue weighted by molar-refractivity contribution is 6.30. The Morgan fingerprint density at radius 1 is 1.03 bits per heavy atom. The highest BCUT2D eigenvalue weighted by Crippen LogP contribution is 2.32. The van der Waals surface area contributed by atoms with E-state index in [9.17, 15) is 18.0 Å². The fraction of sp³-hybridized carbons (Fsp3) is 0.333. The Hall–Kier alpha value is -3.30. The van der Waals surface area contributed by atoms with Crippen molar-refractivity contribution in [3.8, 4) is 11.5 Å². The maximum atomic E-state index is 13.2. The molecule has 1 aromatic heterocycles. The van der Waals surface area contributed by atoms with Crippen molar-refractivity contribution in [2.24, 2.45) is 5.92 Å². The van der Waals surface area contributed by atoms with Gasteiger partial charge in [0.05, 0.1) is 11.7 Å². The van der Waals surface area contributed by atoms with Crippen LogP contribution in [0.25, 0.3) is 0 Å². The molecule has 6 nitrogen and oxygen atoms in total. The van der Waals surface area contributed by atoms with Crippen LogP contribution in [0.5, 0.6) is 11.5 Å². The molecule has 0 spiro atoms. The molecule has 37 heavy (non-hydrogen) atoms. The number of carbonyl (C=O) groups excluding carboxylic acids is 1. The average molecular weight is 534 g/mol. The summed E-state index contributed by atoms with van der Waals surface area (Å²) in [5.74, 6) is -0.526. The molecule has 3 aromatic rings. The first-order valence-corrected chi connectivity index (χ1v) is 12.3. The van der Waals surface area contributed by atoms with Crippen LogP contribution in [-0.4, -0.2) is 48.4 Å². The summed E-state index contributed by atoms with van der Waals surface area (Å²) in [4.78, 5) is 19.7. The van der Waals surface area contributed by atoms with Crippen molar-refractivity contribution >= 4 is 17.5 Å². The van der Waals surface area contributed by atoms with Gasteiger partial charge in [-0.1, -0.05) is 41.9 Å². The topological polar surface area (TPSA) is 63.7 Å². The van der Waals surface area contributed by atoms with Crippen LogP contribution in [0.2, 0.25) is 5.02 Å². The van der Waals surface area contributed by atoms with E-state index in [-0.39, 0.29) is 29.9 Å². The van der Waals surface area contributed by atoms with Crippen molar-refractivity contribution in [3.05, 3.63) is 89.2 Å². The average Bonchev–Trinajstić information content (AvgIpc) is 2.89. The predicted octanol–water partition coefficient (Wildman–Crippen LogP) is 5.63. The van der Waals surface area contributed by atoms with E-state index < -0.39 is 12.4 Å². The van der Waals surface area contributed by atoms with Crippen molar-refractivity contribution in [3.63, 3.8) is 0 Å². The van der Waals surface area contributed by atoms with Crippen LogP contribution >= 0.6 is 11.6 Å². The summed E-state index contributed by atoms with van der Waals surface area (Å²) in [7, 11) is 0. The van der Waals surface area contributed by atoms with Crippen molar-refractivity contribution in [2.45, 2.75) is 25.2 Å². The first-order chi connectivity index (χ1) is 17.8. The number of rotatable bonds is 9. The lowest BCUT2D eigenvalue weighted by Crippen LogP contribution is -2.43. The molecule has 2 aromatic carbocycles. The lowest BCUT2D eigenvalue weighted by Gasteiger charge is -2.32. The number of nitrogens with zero attached hydrogens (tertiary/aromatic N) is 2. The third-order valence-corrected chi connectivity index (χ3v) is 6.42. The lowest BCUT2D eigenvalue weighted by atomic mass is 9.94. The fourth-order valence-corrected chi connectivity index (χ4v) is 4.40. The van der Waals surface area contributed by atoms with Gasteiger partial charge in [0.15, 0.2) is 11.5 Å². The molecule has 0 bridgehead atoms. The van der Waals surface area contributed by atoms with Gasteiger partial charge in [0.1, 0.15) is 6.61 Å². The van der Waals surface area contributed by atoms with Gasteiger partial charge in [-0.2, -0.15) is 0 Å². The molecule has 2 heterocycles. The second kappa shape index (κ2) is 12.3. The van der Waals surface area contributed by atoms with Gasteiger partial charge in [0, 0.05) is 23.7 Å². The molecule has 4 rings (SSSR count). The third-order valence-electron chi connectivity index (χ3n) is 6.17. The summed E-state index contributed by atoms with van der Waals surface area (Å²) in [6, 6.07) is 18.2. The number of piperidine rings is 1. The number of hydrogen-bond acceptors (Lipinski definition) is 5. The van der Waals surface area contributed by atoms with Gasteiger partial charge in [-0.05, 0) is 67.9 Å². The summed E-state index contributed by atoms with van der Waals surface area (Å²) in [6.45, 7) is 2.08. The van der Waals surface area contributed by atoms with Crippen molar-refractivity contribution in [2.75, 3.05) is 26.2 Å². The van der Waals surface area contributed by atoms with Crippen LogP contribution in [-0.2, 0) is 4.79 Å². The van der Waals surface area contributed by atoms with Gasteiger partial charge < -0.3 is 14.8 Å². The van der Waals surface area contributed by atoms with Gasteiger partial charge in [0.25, 0.3) is 0 Å². The normalized spacial score (nSPS) is 15.7. The monoisotopic (exact) mass is 533 g/mol. The Morgan fingerprint density at radius 2 is 1.70 bits per heavy atom. The number of nitrogens with one attached hydrogen (secondary N) is 1. The molecule has 1 atom stereocenters. The molecule has 1 fully saturated rings. The van der Waals surface area contributed by atoms with Crippen molar-refractivity contribution in [1.29, 1.82) is 0 Å². The smallest absolute Gasteiger partial charge is 0.488 e. The van der Waals surface area contributed by atoms with E-state index in [1.165, 1.54) is 18.2 Å². The van der Waals surface area contributed by atoms with E-state index in [0.29, 0.717) is 37.5 Å². The molecule has 1 N–H and O–H groups in total. The van der Waals surface area contributed by atoms with Crippen molar-refractivity contribution in [1.82, 2.24) is 15.2 Å². The maximum Gasteiger partial charge on any atom is 0.573 e. The number of amides is 1. The summed E-state index contributed by atoms with van der Waals surface area (Å²) >= 11 is 6.04. The third kappa shape index (κ3) is 7.84. The number of para-hydroxylation sites is 2. The Labute approximate surface area is 218 Å². The van der Waals surface area contributed by atoms with E-state index in [2.05, 4.69) is 19.9 Å². The van der Waals surface area contributed by atoms with E-state index in [1.54, 1.807) is 24.4 Å². The molecule has 1 amide bonds. The predicted molar refractivity (Wildman–Crippen MR) is 133 cm³/mol. The Bertz CT molecular complexity index is 1150. The summed E-state index contributed by atoms with van der Waals surface area (Å²) in [5.41, 5.74) is 1.63. The summed E-state index contributed by atoms with van der Waals surface area (Å²) in [6.07, 6.45) is -1.77. The minimum absolute atomic E-state index is 0.0388. The molecule has 1 aliphatic rings. The van der Waals surface area contributed by atoms with E-state index in [4.69, 9.17) is 16.3 Å². The fourth-order valence-electron chi connectivity index (χ4n) is 4.27. The van der Waals surface area contributed by atoms with Crippen molar-refractivity contribution < 1.29 is 27.4 Å². The number of likely N-dealkylation sites (tertiary alicyclic amines) is 1. The minimum atomic E-state index is -4.79. The van der Waals surface area contributed by atoms with Gasteiger partial charge in [0.2, 0.25) is 5.91 Å². The number of benzene rings is 2. The van der Waals surface area contributed by atoms with Gasteiger partial charge in [-0.15, -0.1) is 13.2 Å². The number of halogens is 4. The van der Waals surface area contributed by atoms with E-state index in [1.807, 2.05) is 30.3 Å². The SMILES string of the molecule is O=C(N[C@@H](c1ccc(Cl)cc1)c1ccccn1)C1CCN(CCOc2ccccc2OC(F)(F)F)CC1. The molecular weight excluding hydrogens is 507 g/mol. The van der Waals surface area contributed by atoms with Crippen LogP contribution in [0.1, 0.15) is 30.1 Å². The summed E-state index contributed by atoms with van der Waals surface area (Å²) < 4.78 is 47.4. The number of hydrogen-bond donors (Lipinski definition) is 1. The Balaban J connectivity index is 1.28. The molecular formula is C27H27ClF3N3O3. The van der Waals surface area contributed by atoms with Gasteiger partial charge in [-0.3, -0.25) is 14.7 Å². The first-order valence-electron chi connectivity index (χ1n) is 12.0. The Morgan fingerprint density at radius 3 is 2.35 bits per heavy atom. The molecule has 1 saturated heterocycles. The van der Waals surface area contributed by atoms with Gasteiger partial charge >= 0.3 is 6.36 Å². The van der Waals surface area contributed by atoms with Gasteiger partial charge in [-0.25, -0.2) is 0 Å². The number of pyridine rings is 1. The molecule has 1 aliphatic heterocycles. The molecule has 0 unspecified atom stereocenters. The Kier molecular flexibility index (Phi) is 8.89. The van der Waals surface area contributed by atoms with Crippen LogP contribution in [0.4, 0.5) is 13.2 Å². The highest BCUT2D eigenvalue weighted by atomic mass is 35.5. The largest absolute Gasteiger partial charge is 0.573 e. The number of ether oxygens (including phenoxy) is 2. The van der Waals surface area contributed by atoms with E-state index >= 15 is 0 Å². The first kappa shape index (κ1) is 26.8. The standard InChI is InChI=1S/C27H27ClF3N3O3/c28-21-10-8-19(9-11-21)25(22-5-3-4-14-32-22)33-26(35)20-12-15-34(16-13-20)17-18-36-23-6-1-2-7-24(23)37-27(29,30)31/h1-11,14,20,25H,12-13,15-18H2,(H,33,35)/t25-/m0/s1. The molecule has 0 radical (unpaired) electrons. The molecule has 196 valence electrons. The second-order valence-electron chi connectivity index (χ2n) is 8.71. The highest BCUT2D eigenvalue weighted by Gasteiger charge is 2.32. The minimum Gasteiger partial charge on any atom is -0.488 e. The molecule has 10 heteroatoms. The van der Waals surface area contributed by atoms with E-state index in [0.717, 1.165) is 11.3 Å². The van der Waals surface area contributed by atoms with Crippen LogP contribution in [0.3, 0.4) is 0 Å². The quantitative estimate of drug-likeness (QED) is 0.386. The zero-order chi connectivity index (χ0) is 26.3. The van der Waals surface area contributed by atoms with Crippen LogP contribution in [0, 0.1) is 5.92 Å². The summed E-state index contributed by atoms with van der Waals surface area (Å²) in [5, 5.41) is 3.76. The lowest BCUT2D eigenvalue weighted by molar-refractivity contribution is -0.275. The molecule has 0 saturated carbocycles. The zero-order valence-electron chi connectivity index (χ0n) is 20.0. The van der Waals surface area contributed by atoms with Crippen LogP contribution in [0.15, 0.2) is 72.9 Å².